The van der Waals surface area contributed by atoms with Crippen LogP contribution in [0.2, 0.25) is 0 Å². The van der Waals surface area contributed by atoms with Gasteiger partial charge in [-0.15, -0.1) is 32.9 Å². The summed E-state index contributed by atoms with van der Waals surface area (Å²) in [5, 5.41) is 16.9. The van der Waals surface area contributed by atoms with Crippen molar-refractivity contribution in [3.63, 3.8) is 0 Å². The molecule has 0 saturated heterocycles. The summed E-state index contributed by atoms with van der Waals surface area (Å²) >= 11 is 4.37. The number of carbonyl (C=O) groups is 2. The number of thioether (sulfide) groups is 1. The number of ether oxygens (including phenoxy) is 1. The first-order valence-electron chi connectivity index (χ1n) is 11.8. The van der Waals surface area contributed by atoms with Crippen molar-refractivity contribution in [1.82, 2.24) is 14.8 Å². The molecule has 0 aliphatic rings. The summed E-state index contributed by atoms with van der Waals surface area (Å²) in [6.07, 6.45) is 0.931. The normalized spacial score (nSPS) is 11.0. The molecule has 3 aromatic heterocycles. The minimum Gasteiger partial charge on any atom is -0.462 e. The van der Waals surface area contributed by atoms with Crippen LogP contribution in [0, 0.1) is 6.92 Å². The number of hydrogen-bond donors (Lipinski definition) is 1. The van der Waals surface area contributed by atoms with Crippen molar-refractivity contribution in [2.45, 2.75) is 45.8 Å². The fourth-order valence-corrected chi connectivity index (χ4v) is 6.68. The number of esters is 1. The molecule has 10 heteroatoms. The monoisotopic (exact) mass is 540 g/mol. The third-order valence-corrected chi connectivity index (χ3v) is 8.49. The quantitative estimate of drug-likeness (QED) is 0.182. The first-order chi connectivity index (χ1) is 17.5. The zero-order valence-electron chi connectivity index (χ0n) is 20.7. The predicted octanol–water partition coefficient (Wildman–Crippen LogP) is 6.53. The summed E-state index contributed by atoms with van der Waals surface area (Å²) in [6.45, 7) is 9.03. The van der Waals surface area contributed by atoms with Gasteiger partial charge >= 0.3 is 5.97 Å². The fourth-order valence-electron chi connectivity index (χ4n) is 3.96. The van der Waals surface area contributed by atoms with Crippen LogP contribution in [0.5, 0.6) is 0 Å². The summed E-state index contributed by atoms with van der Waals surface area (Å²) in [6, 6.07) is 9.61. The molecule has 188 valence electrons. The number of anilines is 1. The lowest BCUT2D eigenvalue weighted by atomic mass is 10.0. The van der Waals surface area contributed by atoms with E-state index in [2.05, 4.69) is 34.7 Å². The van der Waals surface area contributed by atoms with E-state index in [0.717, 1.165) is 28.9 Å². The van der Waals surface area contributed by atoms with Crippen LogP contribution in [0.15, 0.2) is 46.2 Å². The molecule has 36 heavy (non-hydrogen) atoms. The van der Waals surface area contributed by atoms with Crippen molar-refractivity contribution in [2.24, 2.45) is 0 Å². The van der Waals surface area contributed by atoms with Crippen LogP contribution in [0.4, 0.5) is 5.00 Å². The minimum absolute atomic E-state index is 0.141. The Morgan fingerprint density at radius 2 is 1.81 bits per heavy atom. The molecule has 0 bridgehead atoms. The van der Waals surface area contributed by atoms with Gasteiger partial charge < -0.3 is 14.6 Å². The molecule has 3 heterocycles. The second kappa shape index (κ2) is 11.9. The Morgan fingerprint density at radius 3 is 2.50 bits per heavy atom. The van der Waals surface area contributed by atoms with Crippen LogP contribution in [0.1, 0.15) is 41.6 Å². The van der Waals surface area contributed by atoms with Gasteiger partial charge in [0.2, 0.25) is 5.91 Å². The second-order valence-electron chi connectivity index (χ2n) is 7.86. The Kier molecular flexibility index (Phi) is 8.60. The number of rotatable bonds is 10. The van der Waals surface area contributed by atoms with Gasteiger partial charge in [0.15, 0.2) is 11.0 Å². The molecule has 4 aromatic rings. The number of benzene rings is 1. The third-order valence-electron chi connectivity index (χ3n) is 5.67. The SMILES string of the molecule is CCOC(=O)c1c(-c2ccccc2)csc1NC(=O)CSc1nnc(-c2csc(C)c2CC)n1CC. The largest absolute Gasteiger partial charge is 0.462 e. The predicted molar refractivity (Wildman–Crippen MR) is 148 cm³/mol. The zero-order valence-corrected chi connectivity index (χ0v) is 23.1. The van der Waals surface area contributed by atoms with E-state index in [-0.39, 0.29) is 18.3 Å². The number of thiophene rings is 2. The fraction of sp³-hybridized carbons (Fsp3) is 0.308. The Bertz CT molecular complexity index is 1360. The number of aromatic nitrogens is 3. The molecule has 1 amide bonds. The van der Waals surface area contributed by atoms with Crippen LogP contribution >= 0.6 is 34.4 Å². The average molecular weight is 541 g/mol. The highest BCUT2D eigenvalue weighted by molar-refractivity contribution is 7.99. The highest BCUT2D eigenvalue weighted by Crippen LogP contribution is 2.37. The number of aryl methyl sites for hydroxylation is 1. The molecule has 0 aliphatic heterocycles. The number of carbonyl (C=O) groups excluding carboxylic acids is 2. The van der Waals surface area contributed by atoms with Gasteiger partial charge in [0, 0.05) is 33.3 Å². The molecule has 0 unspecified atom stereocenters. The van der Waals surface area contributed by atoms with Gasteiger partial charge in [-0.25, -0.2) is 4.79 Å². The van der Waals surface area contributed by atoms with Crippen molar-refractivity contribution >= 4 is 51.3 Å². The lowest BCUT2D eigenvalue weighted by Crippen LogP contribution is -2.16. The van der Waals surface area contributed by atoms with E-state index in [1.807, 2.05) is 47.2 Å². The Balaban J connectivity index is 1.52. The molecule has 0 fully saturated rings. The average Bonchev–Trinajstić information content (AvgIpc) is 3.59. The van der Waals surface area contributed by atoms with Crippen molar-refractivity contribution in [3.05, 3.63) is 57.1 Å². The summed E-state index contributed by atoms with van der Waals surface area (Å²) in [5.41, 5.74) is 4.41. The molecule has 4 rings (SSSR count). The molecule has 0 aliphatic carbocycles. The number of amides is 1. The van der Waals surface area contributed by atoms with Crippen molar-refractivity contribution in [1.29, 1.82) is 0 Å². The molecular weight excluding hydrogens is 513 g/mol. The van der Waals surface area contributed by atoms with Crippen LogP contribution in [0.25, 0.3) is 22.5 Å². The van der Waals surface area contributed by atoms with E-state index in [9.17, 15) is 9.59 Å². The molecule has 1 aromatic carbocycles. The van der Waals surface area contributed by atoms with Gasteiger partial charge in [0.25, 0.3) is 0 Å². The van der Waals surface area contributed by atoms with Crippen molar-refractivity contribution < 1.29 is 14.3 Å². The molecule has 1 N–H and O–H groups in total. The van der Waals surface area contributed by atoms with Gasteiger partial charge in [0.1, 0.15) is 10.6 Å². The maximum absolute atomic E-state index is 12.9. The minimum atomic E-state index is -0.450. The number of nitrogens with one attached hydrogen (secondary N) is 1. The highest BCUT2D eigenvalue weighted by atomic mass is 32.2. The maximum atomic E-state index is 12.9. The van der Waals surface area contributed by atoms with Gasteiger partial charge in [-0.3, -0.25) is 4.79 Å². The molecule has 0 radical (unpaired) electrons. The summed E-state index contributed by atoms with van der Waals surface area (Å²) in [4.78, 5) is 27.0. The standard InChI is InChI=1S/C26H28N4O3S3/c1-5-18-16(4)34-14-20(18)23-28-29-26(30(23)6-2)36-15-21(31)27-24-22(25(32)33-7-3)19(13-35-24)17-11-9-8-10-12-17/h8-14H,5-7,15H2,1-4H3,(H,27,31). The van der Waals surface area contributed by atoms with E-state index in [1.165, 1.54) is 33.5 Å². The van der Waals surface area contributed by atoms with E-state index in [0.29, 0.717) is 22.3 Å². The Hall–Kier alpha value is -2.95. The van der Waals surface area contributed by atoms with Gasteiger partial charge in [0.05, 0.1) is 12.4 Å². The number of nitrogens with zero attached hydrogens (tertiary/aromatic N) is 3. The van der Waals surface area contributed by atoms with Crippen LogP contribution in [-0.4, -0.2) is 39.0 Å². The van der Waals surface area contributed by atoms with Crippen molar-refractivity contribution in [2.75, 3.05) is 17.7 Å². The zero-order chi connectivity index (χ0) is 25.7. The summed E-state index contributed by atoms with van der Waals surface area (Å²) in [7, 11) is 0. The topological polar surface area (TPSA) is 86.1 Å². The molecule has 0 saturated carbocycles. The van der Waals surface area contributed by atoms with Gasteiger partial charge in [-0.1, -0.05) is 49.0 Å². The van der Waals surface area contributed by atoms with E-state index in [1.54, 1.807) is 18.3 Å². The Labute approximate surface area is 222 Å². The van der Waals surface area contributed by atoms with Crippen LogP contribution < -0.4 is 5.32 Å². The van der Waals surface area contributed by atoms with Crippen molar-refractivity contribution in [3.8, 4) is 22.5 Å². The summed E-state index contributed by atoms with van der Waals surface area (Å²) in [5.74, 6) is 0.299. The molecule has 0 atom stereocenters. The summed E-state index contributed by atoms with van der Waals surface area (Å²) < 4.78 is 7.33. The van der Waals surface area contributed by atoms with E-state index < -0.39 is 5.97 Å². The Morgan fingerprint density at radius 1 is 1.06 bits per heavy atom. The van der Waals surface area contributed by atoms with Crippen LogP contribution in [-0.2, 0) is 22.5 Å². The molecule has 7 nitrogen and oxygen atoms in total. The maximum Gasteiger partial charge on any atom is 0.341 e. The van der Waals surface area contributed by atoms with E-state index >= 15 is 0 Å². The second-order valence-corrected chi connectivity index (χ2v) is 10.8. The highest BCUT2D eigenvalue weighted by Gasteiger charge is 2.23. The van der Waals surface area contributed by atoms with Gasteiger partial charge in [-0.2, -0.15) is 0 Å². The van der Waals surface area contributed by atoms with Gasteiger partial charge in [-0.05, 0) is 38.3 Å². The number of hydrogen-bond acceptors (Lipinski definition) is 8. The molecule has 0 spiro atoms. The first-order valence-corrected chi connectivity index (χ1v) is 14.5. The lowest BCUT2D eigenvalue weighted by molar-refractivity contribution is -0.113. The van der Waals surface area contributed by atoms with E-state index in [4.69, 9.17) is 4.74 Å². The lowest BCUT2D eigenvalue weighted by Gasteiger charge is -2.10. The smallest absolute Gasteiger partial charge is 0.341 e. The first kappa shape index (κ1) is 26.1. The third kappa shape index (κ3) is 5.40. The van der Waals surface area contributed by atoms with Crippen LogP contribution in [0.3, 0.4) is 0 Å². The molecular formula is C26H28N4O3S3.